The van der Waals surface area contributed by atoms with Gasteiger partial charge in [0.15, 0.2) is 0 Å². The Bertz CT molecular complexity index is 698. The Hall–Kier alpha value is -2.27. The van der Waals surface area contributed by atoms with Crippen LogP contribution < -0.4 is 10.6 Å². The number of hydrogen-bond acceptors (Lipinski definition) is 6. The van der Waals surface area contributed by atoms with E-state index in [1.165, 1.54) is 12.1 Å². The SMILES string of the molecule is O=C(C[C@H]1O[C@H](CNC(=O)N2CCOCC2)[C@@H](O)[C@H]1O)NCc1ccc(F)cc1. The molecule has 0 radical (unpaired) electrons. The molecule has 0 bridgehead atoms. The van der Waals surface area contributed by atoms with Gasteiger partial charge in [0.05, 0.1) is 25.7 Å². The first kappa shape index (κ1) is 21.4. The number of benzene rings is 1. The third-order valence-electron chi connectivity index (χ3n) is 5.00. The second-order valence-electron chi connectivity index (χ2n) is 7.09. The molecule has 1 aromatic carbocycles. The van der Waals surface area contributed by atoms with Gasteiger partial charge in [-0.15, -0.1) is 0 Å². The topological polar surface area (TPSA) is 120 Å². The standard InChI is InChI=1S/C19H26FN3O6/c20-13-3-1-12(2-4-13)10-21-16(24)9-14-17(25)18(26)15(29-14)11-22-19(27)23-5-7-28-8-6-23/h1-4,14-15,17-18,25-26H,5-11H2,(H,21,24)(H,22,27)/t14-,15-,17+,18-/m1/s1. The van der Waals surface area contributed by atoms with Gasteiger partial charge >= 0.3 is 6.03 Å². The quantitative estimate of drug-likeness (QED) is 0.495. The zero-order chi connectivity index (χ0) is 20.8. The lowest BCUT2D eigenvalue weighted by Crippen LogP contribution is -2.49. The summed E-state index contributed by atoms with van der Waals surface area (Å²) in [6, 6.07) is 5.44. The predicted molar refractivity (Wildman–Crippen MR) is 99.3 cm³/mol. The highest BCUT2D eigenvalue weighted by molar-refractivity contribution is 5.76. The molecule has 3 amide bonds. The normalized spacial score (nSPS) is 26.9. The van der Waals surface area contributed by atoms with Gasteiger partial charge in [0.2, 0.25) is 5.91 Å². The number of ether oxygens (including phenoxy) is 2. The molecule has 2 saturated heterocycles. The van der Waals surface area contributed by atoms with Gasteiger partial charge in [0.25, 0.3) is 0 Å². The molecule has 29 heavy (non-hydrogen) atoms. The van der Waals surface area contributed by atoms with Gasteiger partial charge in [-0.25, -0.2) is 9.18 Å². The zero-order valence-corrected chi connectivity index (χ0v) is 15.9. The van der Waals surface area contributed by atoms with Crippen molar-refractivity contribution in [3.8, 4) is 0 Å². The van der Waals surface area contributed by atoms with Crippen LogP contribution in [0.1, 0.15) is 12.0 Å². The minimum atomic E-state index is -1.24. The van der Waals surface area contributed by atoms with Crippen LogP contribution in [-0.2, 0) is 20.8 Å². The van der Waals surface area contributed by atoms with Gasteiger partial charge in [-0.05, 0) is 17.7 Å². The number of hydrogen-bond donors (Lipinski definition) is 4. The van der Waals surface area contributed by atoms with E-state index in [0.717, 1.165) is 5.56 Å². The van der Waals surface area contributed by atoms with E-state index in [1.54, 1.807) is 17.0 Å². The average molecular weight is 411 g/mol. The zero-order valence-electron chi connectivity index (χ0n) is 15.9. The van der Waals surface area contributed by atoms with Crippen molar-refractivity contribution in [2.45, 2.75) is 37.4 Å². The number of carbonyl (C=O) groups excluding carboxylic acids is 2. The highest BCUT2D eigenvalue weighted by Crippen LogP contribution is 2.23. The molecule has 0 unspecified atom stereocenters. The van der Waals surface area contributed by atoms with Crippen molar-refractivity contribution in [3.63, 3.8) is 0 Å². The molecule has 0 aliphatic carbocycles. The first-order chi connectivity index (χ1) is 13.9. The van der Waals surface area contributed by atoms with Crippen molar-refractivity contribution in [1.29, 1.82) is 0 Å². The van der Waals surface area contributed by atoms with Crippen LogP contribution in [0, 0.1) is 5.82 Å². The average Bonchev–Trinajstić information content (AvgIpc) is 3.00. The lowest BCUT2D eigenvalue weighted by Gasteiger charge is -2.27. The number of urea groups is 1. The summed E-state index contributed by atoms with van der Waals surface area (Å²) >= 11 is 0. The van der Waals surface area contributed by atoms with Crippen LogP contribution in [0.25, 0.3) is 0 Å². The molecule has 3 rings (SSSR count). The fourth-order valence-corrected chi connectivity index (χ4v) is 3.29. The summed E-state index contributed by atoms with van der Waals surface area (Å²) in [6.07, 6.45) is -4.30. The van der Waals surface area contributed by atoms with Crippen LogP contribution in [0.3, 0.4) is 0 Å². The molecule has 2 aliphatic heterocycles. The Kier molecular flexibility index (Phi) is 7.37. The molecule has 4 N–H and O–H groups in total. The number of carbonyl (C=O) groups is 2. The third kappa shape index (κ3) is 5.86. The van der Waals surface area contributed by atoms with E-state index < -0.39 is 24.4 Å². The molecule has 0 aromatic heterocycles. The minimum Gasteiger partial charge on any atom is -0.388 e. The first-order valence-electron chi connectivity index (χ1n) is 9.57. The van der Waals surface area contributed by atoms with Crippen LogP contribution in [-0.4, -0.2) is 84.3 Å². The lowest BCUT2D eigenvalue weighted by atomic mass is 10.1. The van der Waals surface area contributed by atoms with Crippen molar-refractivity contribution < 1.29 is 33.7 Å². The van der Waals surface area contributed by atoms with Crippen molar-refractivity contribution in [2.24, 2.45) is 0 Å². The van der Waals surface area contributed by atoms with Crippen LogP contribution in [0.5, 0.6) is 0 Å². The van der Waals surface area contributed by atoms with Gasteiger partial charge in [-0.1, -0.05) is 12.1 Å². The summed E-state index contributed by atoms with van der Waals surface area (Å²) in [5, 5.41) is 25.7. The molecule has 1 aromatic rings. The van der Waals surface area contributed by atoms with Crippen molar-refractivity contribution in [1.82, 2.24) is 15.5 Å². The summed E-state index contributed by atoms with van der Waals surface area (Å²) in [4.78, 5) is 25.8. The Morgan fingerprint density at radius 3 is 2.41 bits per heavy atom. The minimum absolute atomic E-state index is 0.0160. The molecule has 2 heterocycles. The second-order valence-corrected chi connectivity index (χ2v) is 7.09. The number of morpholine rings is 1. The van der Waals surface area contributed by atoms with E-state index >= 15 is 0 Å². The molecule has 0 saturated carbocycles. The van der Waals surface area contributed by atoms with Gasteiger partial charge in [-0.3, -0.25) is 4.79 Å². The fraction of sp³-hybridized carbons (Fsp3) is 0.579. The van der Waals surface area contributed by atoms with Crippen LogP contribution in [0.15, 0.2) is 24.3 Å². The molecule has 9 nitrogen and oxygen atoms in total. The summed E-state index contributed by atoms with van der Waals surface area (Å²) in [7, 11) is 0. The molecule has 10 heteroatoms. The van der Waals surface area contributed by atoms with Gasteiger partial charge in [0.1, 0.15) is 24.1 Å². The molecule has 0 spiro atoms. The van der Waals surface area contributed by atoms with Gasteiger partial charge in [-0.2, -0.15) is 0 Å². The first-order valence-corrected chi connectivity index (χ1v) is 9.57. The van der Waals surface area contributed by atoms with E-state index in [1.807, 2.05) is 0 Å². The maximum atomic E-state index is 12.9. The van der Waals surface area contributed by atoms with E-state index in [4.69, 9.17) is 9.47 Å². The number of rotatable bonds is 6. The van der Waals surface area contributed by atoms with Gasteiger partial charge < -0.3 is 35.2 Å². The van der Waals surface area contributed by atoms with Crippen LogP contribution >= 0.6 is 0 Å². The summed E-state index contributed by atoms with van der Waals surface area (Å²) < 4.78 is 23.7. The predicted octanol–water partition coefficient (Wildman–Crippen LogP) is -0.637. The highest BCUT2D eigenvalue weighted by atomic mass is 19.1. The molecule has 2 fully saturated rings. The second kappa shape index (κ2) is 9.97. The smallest absolute Gasteiger partial charge is 0.317 e. The number of aliphatic hydroxyl groups excluding tert-OH is 2. The fourth-order valence-electron chi connectivity index (χ4n) is 3.29. The Morgan fingerprint density at radius 1 is 1.07 bits per heavy atom. The van der Waals surface area contributed by atoms with Gasteiger partial charge in [0, 0.05) is 26.2 Å². The maximum Gasteiger partial charge on any atom is 0.317 e. The van der Waals surface area contributed by atoms with Crippen molar-refractivity contribution in [2.75, 3.05) is 32.8 Å². The lowest BCUT2D eigenvalue weighted by molar-refractivity contribution is -0.125. The largest absolute Gasteiger partial charge is 0.388 e. The number of amides is 3. The maximum absolute atomic E-state index is 12.9. The highest BCUT2D eigenvalue weighted by Gasteiger charge is 2.43. The number of nitrogens with zero attached hydrogens (tertiary/aromatic N) is 1. The van der Waals surface area contributed by atoms with E-state index in [-0.39, 0.29) is 37.3 Å². The van der Waals surface area contributed by atoms with Crippen molar-refractivity contribution >= 4 is 11.9 Å². The van der Waals surface area contributed by atoms with E-state index in [0.29, 0.717) is 26.3 Å². The molecule has 160 valence electrons. The third-order valence-corrected chi connectivity index (χ3v) is 5.00. The summed E-state index contributed by atoms with van der Waals surface area (Å²) in [5.41, 5.74) is 0.733. The summed E-state index contributed by atoms with van der Waals surface area (Å²) in [6.45, 7) is 2.15. The summed E-state index contributed by atoms with van der Waals surface area (Å²) in [5.74, 6) is -0.730. The van der Waals surface area contributed by atoms with E-state index in [9.17, 15) is 24.2 Å². The number of halogens is 1. The van der Waals surface area contributed by atoms with Crippen LogP contribution in [0.2, 0.25) is 0 Å². The van der Waals surface area contributed by atoms with Crippen LogP contribution in [0.4, 0.5) is 9.18 Å². The number of nitrogens with one attached hydrogen (secondary N) is 2. The Balaban J connectivity index is 1.42. The number of aliphatic hydroxyl groups is 2. The Morgan fingerprint density at radius 2 is 1.72 bits per heavy atom. The molecular weight excluding hydrogens is 385 g/mol. The molecule has 2 aliphatic rings. The van der Waals surface area contributed by atoms with Crippen molar-refractivity contribution in [3.05, 3.63) is 35.6 Å². The van der Waals surface area contributed by atoms with E-state index in [2.05, 4.69) is 10.6 Å². The Labute approximate surface area is 167 Å². The molecular formula is C19H26FN3O6. The monoisotopic (exact) mass is 411 g/mol. The molecule has 4 atom stereocenters.